The smallest absolute Gasteiger partial charge is 0.253 e. The van der Waals surface area contributed by atoms with Crippen molar-refractivity contribution in [2.45, 2.75) is 65.0 Å². The quantitative estimate of drug-likeness (QED) is 0.878. The first-order valence-corrected chi connectivity index (χ1v) is 9.14. The lowest BCUT2D eigenvalue weighted by atomic mass is 9.87. The lowest BCUT2D eigenvalue weighted by Crippen LogP contribution is -2.45. The van der Waals surface area contributed by atoms with Crippen LogP contribution in [0.1, 0.15) is 63.2 Å². The third-order valence-corrected chi connectivity index (χ3v) is 5.06. The molecule has 1 aromatic rings. The van der Waals surface area contributed by atoms with E-state index in [1.54, 1.807) is 24.3 Å². The van der Waals surface area contributed by atoms with Crippen LogP contribution in [0.3, 0.4) is 0 Å². The van der Waals surface area contributed by atoms with Crippen LogP contribution in [0.25, 0.3) is 0 Å². The van der Waals surface area contributed by atoms with E-state index in [-0.39, 0.29) is 17.2 Å². The van der Waals surface area contributed by atoms with E-state index in [1.807, 2.05) is 32.7 Å². The van der Waals surface area contributed by atoms with Gasteiger partial charge < -0.3 is 16.0 Å². The largest absolute Gasteiger partial charge is 0.339 e. The van der Waals surface area contributed by atoms with Crippen molar-refractivity contribution < 1.29 is 9.59 Å². The Balaban J connectivity index is 1.99. The highest BCUT2D eigenvalue weighted by Gasteiger charge is 2.27. The Labute approximate surface area is 151 Å². The SMILES string of the molecule is CN(C(=O)c1ccc(NC(=O)[C@@H](N)C(C)(C)C)cc1)C1CCCCC1. The van der Waals surface area contributed by atoms with E-state index in [9.17, 15) is 9.59 Å². The number of nitrogens with one attached hydrogen (secondary N) is 1. The number of carbonyl (C=O) groups excluding carboxylic acids is 2. The van der Waals surface area contributed by atoms with Crippen LogP contribution in [0, 0.1) is 5.41 Å². The van der Waals surface area contributed by atoms with Gasteiger partial charge in [0.15, 0.2) is 0 Å². The molecular formula is C20H31N3O2. The van der Waals surface area contributed by atoms with Crippen LogP contribution in [0.5, 0.6) is 0 Å². The molecule has 1 fully saturated rings. The molecule has 1 aromatic carbocycles. The summed E-state index contributed by atoms with van der Waals surface area (Å²) in [4.78, 5) is 26.7. The van der Waals surface area contributed by atoms with Gasteiger partial charge >= 0.3 is 0 Å². The van der Waals surface area contributed by atoms with E-state index in [4.69, 9.17) is 5.73 Å². The first-order chi connectivity index (χ1) is 11.7. The fourth-order valence-electron chi connectivity index (χ4n) is 3.15. The van der Waals surface area contributed by atoms with E-state index >= 15 is 0 Å². The van der Waals surface area contributed by atoms with Crippen LogP contribution in [0.2, 0.25) is 0 Å². The lowest BCUT2D eigenvalue weighted by molar-refractivity contribution is -0.119. The molecular weight excluding hydrogens is 314 g/mol. The number of rotatable bonds is 4. The van der Waals surface area contributed by atoms with E-state index < -0.39 is 6.04 Å². The molecule has 0 bridgehead atoms. The van der Waals surface area contributed by atoms with Crippen LogP contribution in [-0.2, 0) is 4.79 Å². The third kappa shape index (κ3) is 5.05. The average molecular weight is 345 g/mol. The average Bonchev–Trinajstić information content (AvgIpc) is 2.60. The van der Waals surface area contributed by atoms with Crippen LogP contribution in [0.15, 0.2) is 24.3 Å². The predicted molar refractivity (Wildman–Crippen MR) is 101 cm³/mol. The Hall–Kier alpha value is -1.88. The van der Waals surface area contributed by atoms with Crippen molar-refractivity contribution in [3.63, 3.8) is 0 Å². The molecule has 0 aliphatic heterocycles. The number of benzene rings is 1. The fourth-order valence-corrected chi connectivity index (χ4v) is 3.15. The number of nitrogens with zero attached hydrogens (tertiary/aromatic N) is 1. The summed E-state index contributed by atoms with van der Waals surface area (Å²) in [7, 11) is 1.89. The molecule has 25 heavy (non-hydrogen) atoms. The number of hydrogen-bond acceptors (Lipinski definition) is 3. The van der Waals surface area contributed by atoms with Gasteiger partial charge in [-0.1, -0.05) is 40.0 Å². The fraction of sp³-hybridized carbons (Fsp3) is 0.600. The maximum atomic E-state index is 12.6. The number of amides is 2. The molecule has 1 aliphatic rings. The van der Waals surface area contributed by atoms with Gasteiger partial charge in [-0.05, 0) is 42.5 Å². The molecule has 2 rings (SSSR count). The number of carbonyl (C=O) groups is 2. The second-order valence-electron chi connectivity index (χ2n) is 8.12. The Bertz CT molecular complexity index is 598. The van der Waals surface area contributed by atoms with Gasteiger partial charge in [0.2, 0.25) is 5.91 Å². The van der Waals surface area contributed by atoms with Crippen molar-refractivity contribution in [2.24, 2.45) is 11.1 Å². The second-order valence-corrected chi connectivity index (χ2v) is 8.12. The molecule has 3 N–H and O–H groups in total. The zero-order chi connectivity index (χ0) is 18.6. The molecule has 1 saturated carbocycles. The maximum absolute atomic E-state index is 12.6. The number of hydrogen-bond donors (Lipinski definition) is 2. The molecule has 0 aromatic heterocycles. The van der Waals surface area contributed by atoms with Crippen LogP contribution < -0.4 is 11.1 Å². The second kappa shape index (κ2) is 8.00. The molecule has 5 nitrogen and oxygen atoms in total. The number of anilines is 1. The zero-order valence-electron chi connectivity index (χ0n) is 15.8. The van der Waals surface area contributed by atoms with Crippen molar-refractivity contribution in [1.82, 2.24) is 4.90 Å². The molecule has 0 heterocycles. The molecule has 0 saturated heterocycles. The summed E-state index contributed by atoms with van der Waals surface area (Å²) in [6.07, 6.45) is 5.83. The Morgan fingerprint density at radius 2 is 1.68 bits per heavy atom. The molecule has 0 spiro atoms. The van der Waals surface area contributed by atoms with E-state index in [0.717, 1.165) is 12.8 Å². The van der Waals surface area contributed by atoms with Gasteiger partial charge in [-0.25, -0.2) is 0 Å². The highest BCUT2D eigenvalue weighted by molar-refractivity contribution is 5.97. The Morgan fingerprint density at radius 1 is 1.12 bits per heavy atom. The molecule has 0 unspecified atom stereocenters. The lowest BCUT2D eigenvalue weighted by Gasteiger charge is -2.31. The summed E-state index contributed by atoms with van der Waals surface area (Å²) in [5, 5.41) is 2.82. The molecule has 0 radical (unpaired) electrons. The van der Waals surface area contributed by atoms with Crippen molar-refractivity contribution in [1.29, 1.82) is 0 Å². The van der Waals surface area contributed by atoms with E-state index in [1.165, 1.54) is 19.3 Å². The summed E-state index contributed by atoms with van der Waals surface area (Å²) in [6, 6.07) is 6.79. The van der Waals surface area contributed by atoms with Gasteiger partial charge in [0.25, 0.3) is 5.91 Å². The van der Waals surface area contributed by atoms with Gasteiger partial charge in [-0.15, -0.1) is 0 Å². The van der Waals surface area contributed by atoms with Gasteiger partial charge in [-0.2, -0.15) is 0 Å². The van der Waals surface area contributed by atoms with Gasteiger partial charge in [-0.3, -0.25) is 9.59 Å². The minimum atomic E-state index is -0.591. The highest BCUT2D eigenvalue weighted by atomic mass is 16.2. The summed E-state index contributed by atoms with van der Waals surface area (Å²) in [6.45, 7) is 5.79. The van der Waals surface area contributed by atoms with Crippen molar-refractivity contribution in [3.05, 3.63) is 29.8 Å². The molecule has 2 amide bonds. The summed E-state index contributed by atoms with van der Waals surface area (Å²) in [5.41, 5.74) is 6.97. The molecule has 5 heteroatoms. The van der Waals surface area contributed by atoms with Crippen molar-refractivity contribution >= 4 is 17.5 Å². The minimum Gasteiger partial charge on any atom is -0.339 e. The first-order valence-electron chi connectivity index (χ1n) is 9.14. The third-order valence-electron chi connectivity index (χ3n) is 5.06. The topological polar surface area (TPSA) is 75.4 Å². The summed E-state index contributed by atoms with van der Waals surface area (Å²) < 4.78 is 0. The van der Waals surface area contributed by atoms with Crippen molar-refractivity contribution in [2.75, 3.05) is 12.4 Å². The zero-order valence-corrected chi connectivity index (χ0v) is 15.8. The van der Waals surface area contributed by atoms with E-state index in [2.05, 4.69) is 5.32 Å². The number of nitrogens with two attached hydrogens (primary N) is 1. The maximum Gasteiger partial charge on any atom is 0.253 e. The standard InChI is InChI=1S/C20H31N3O2/c1-20(2,3)17(21)18(24)22-15-12-10-14(11-13-15)19(25)23(4)16-8-6-5-7-9-16/h10-13,16-17H,5-9,21H2,1-4H3,(H,22,24)/t17-/m1/s1. The van der Waals surface area contributed by atoms with Crippen molar-refractivity contribution in [3.8, 4) is 0 Å². The molecule has 1 atom stereocenters. The van der Waals surface area contributed by atoms with Gasteiger partial charge in [0.05, 0.1) is 6.04 Å². The monoisotopic (exact) mass is 345 g/mol. The van der Waals surface area contributed by atoms with Gasteiger partial charge in [0.1, 0.15) is 0 Å². The van der Waals surface area contributed by atoms with Gasteiger partial charge in [0, 0.05) is 24.3 Å². The van der Waals surface area contributed by atoms with E-state index in [0.29, 0.717) is 17.3 Å². The molecule has 138 valence electrons. The predicted octanol–water partition coefficient (Wildman–Crippen LogP) is 3.40. The minimum absolute atomic E-state index is 0.0381. The Kier molecular flexibility index (Phi) is 6.22. The van der Waals surface area contributed by atoms with Crippen LogP contribution in [-0.4, -0.2) is 35.8 Å². The first kappa shape index (κ1) is 19.4. The summed E-state index contributed by atoms with van der Waals surface area (Å²) >= 11 is 0. The molecule has 1 aliphatic carbocycles. The Morgan fingerprint density at radius 3 is 2.20 bits per heavy atom. The highest BCUT2D eigenvalue weighted by Crippen LogP contribution is 2.23. The van der Waals surface area contributed by atoms with Crippen LogP contribution >= 0.6 is 0 Å². The summed E-state index contributed by atoms with van der Waals surface area (Å²) in [5.74, 6) is -0.179. The van der Waals surface area contributed by atoms with Crippen LogP contribution in [0.4, 0.5) is 5.69 Å². The normalized spacial score (nSPS) is 17.0.